The summed E-state index contributed by atoms with van der Waals surface area (Å²) in [5, 5.41) is 2.83. The first-order chi connectivity index (χ1) is 10.7. The second kappa shape index (κ2) is 8.19. The Morgan fingerprint density at radius 1 is 1.27 bits per heavy atom. The van der Waals surface area contributed by atoms with Crippen molar-refractivity contribution in [2.45, 2.75) is 0 Å². The van der Waals surface area contributed by atoms with Crippen molar-refractivity contribution in [3.63, 3.8) is 0 Å². The number of anilines is 1. The lowest BCUT2D eigenvalue weighted by molar-refractivity contribution is -0.113. The molecule has 1 aromatic carbocycles. The number of aliphatic imine (C=N–C) groups is 1. The van der Waals surface area contributed by atoms with E-state index < -0.39 is 0 Å². The van der Waals surface area contributed by atoms with Crippen molar-refractivity contribution < 1.29 is 19.0 Å². The van der Waals surface area contributed by atoms with Crippen LogP contribution in [0, 0.1) is 0 Å². The van der Waals surface area contributed by atoms with Gasteiger partial charge in [-0.15, -0.1) is 0 Å². The number of nitrogens with zero attached hydrogens (tertiary/aromatic N) is 1. The third-order valence-corrected chi connectivity index (χ3v) is 5.09. The lowest BCUT2D eigenvalue weighted by Gasteiger charge is -2.14. The van der Waals surface area contributed by atoms with Crippen molar-refractivity contribution in [1.29, 1.82) is 0 Å². The Bertz CT molecular complexity index is 553. The minimum Gasteiger partial charge on any atom is -0.493 e. The third kappa shape index (κ3) is 4.23. The van der Waals surface area contributed by atoms with E-state index in [9.17, 15) is 4.79 Å². The van der Waals surface area contributed by atoms with Gasteiger partial charge in [-0.1, -0.05) is 23.5 Å². The van der Waals surface area contributed by atoms with Gasteiger partial charge in [0.1, 0.15) is 4.38 Å². The number of carbonyl (C=O) groups is 1. The smallest absolute Gasteiger partial charge is 0.234 e. The van der Waals surface area contributed by atoms with Crippen molar-refractivity contribution in [3.05, 3.63) is 12.1 Å². The van der Waals surface area contributed by atoms with Crippen LogP contribution in [0.25, 0.3) is 0 Å². The standard InChI is InChI=1S/C14H18N2O4S2/c1-18-10-6-9(7-11(19-2)13(10)20-3)16-12(17)8-22-14-15-4-5-21-14/h6-7H,4-5,8H2,1-3H3,(H,16,17). The van der Waals surface area contributed by atoms with Crippen LogP contribution in [0.1, 0.15) is 0 Å². The zero-order valence-electron chi connectivity index (χ0n) is 12.7. The average Bonchev–Trinajstić information content (AvgIpc) is 3.05. The molecule has 0 saturated carbocycles. The molecule has 1 aliphatic heterocycles. The molecule has 120 valence electrons. The molecule has 1 N–H and O–H groups in total. The van der Waals surface area contributed by atoms with Gasteiger partial charge in [-0.25, -0.2) is 0 Å². The molecule has 0 aliphatic carbocycles. The van der Waals surface area contributed by atoms with Crippen molar-refractivity contribution >= 4 is 39.5 Å². The van der Waals surface area contributed by atoms with Gasteiger partial charge in [0.05, 0.1) is 33.6 Å². The fraction of sp³-hybridized carbons (Fsp3) is 0.429. The highest BCUT2D eigenvalue weighted by Gasteiger charge is 2.15. The summed E-state index contributed by atoms with van der Waals surface area (Å²) in [5.41, 5.74) is 0.598. The predicted octanol–water partition coefficient (Wildman–Crippen LogP) is 2.49. The predicted molar refractivity (Wildman–Crippen MR) is 91.9 cm³/mol. The van der Waals surface area contributed by atoms with E-state index in [2.05, 4.69) is 10.3 Å². The van der Waals surface area contributed by atoms with E-state index in [1.165, 1.54) is 33.1 Å². The number of carbonyl (C=O) groups excluding carboxylic acids is 1. The van der Waals surface area contributed by atoms with E-state index >= 15 is 0 Å². The van der Waals surface area contributed by atoms with Gasteiger partial charge < -0.3 is 19.5 Å². The minimum atomic E-state index is -0.102. The number of benzene rings is 1. The highest BCUT2D eigenvalue weighted by atomic mass is 32.2. The van der Waals surface area contributed by atoms with Crippen molar-refractivity contribution in [2.75, 3.05) is 44.7 Å². The van der Waals surface area contributed by atoms with Crippen molar-refractivity contribution in [1.82, 2.24) is 0 Å². The summed E-state index contributed by atoms with van der Waals surface area (Å²) in [7, 11) is 4.61. The number of rotatable bonds is 6. The zero-order chi connectivity index (χ0) is 15.9. The molecular formula is C14H18N2O4S2. The molecular weight excluding hydrogens is 324 g/mol. The van der Waals surface area contributed by atoms with Crippen LogP contribution in [0.2, 0.25) is 0 Å². The van der Waals surface area contributed by atoms with Gasteiger partial charge in [0.2, 0.25) is 11.7 Å². The summed E-state index contributed by atoms with van der Waals surface area (Å²) in [6, 6.07) is 3.40. The zero-order valence-corrected chi connectivity index (χ0v) is 14.3. The molecule has 1 aromatic rings. The third-order valence-electron chi connectivity index (χ3n) is 2.83. The van der Waals surface area contributed by atoms with Crippen molar-refractivity contribution in [2.24, 2.45) is 4.99 Å². The van der Waals surface area contributed by atoms with Crippen LogP contribution in [0.5, 0.6) is 17.2 Å². The Hall–Kier alpha value is -1.54. The van der Waals surface area contributed by atoms with E-state index in [-0.39, 0.29) is 5.91 Å². The largest absolute Gasteiger partial charge is 0.493 e. The quantitative estimate of drug-likeness (QED) is 0.856. The van der Waals surface area contributed by atoms with Crippen LogP contribution < -0.4 is 19.5 Å². The molecule has 2 rings (SSSR count). The van der Waals surface area contributed by atoms with Gasteiger partial charge in [-0.05, 0) is 0 Å². The number of methoxy groups -OCH3 is 3. The molecule has 0 aromatic heterocycles. The van der Waals surface area contributed by atoms with Crippen LogP contribution in [0.15, 0.2) is 17.1 Å². The Morgan fingerprint density at radius 2 is 1.95 bits per heavy atom. The van der Waals surface area contributed by atoms with E-state index in [4.69, 9.17) is 14.2 Å². The van der Waals surface area contributed by atoms with E-state index in [1.54, 1.807) is 23.9 Å². The molecule has 0 spiro atoms. The van der Waals surface area contributed by atoms with Crippen LogP contribution >= 0.6 is 23.5 Å². The van der Waals surface area contributed by atoms with Gasteiger partial charge in [0, 0.05) is 23.6 Å². The Kier molecular flexibility index (Phi) is 6.26. The minimum absolute atomic E-state index is 0.102. The number of thioether (sulfide) groups is 2. The van der Waals surface area contributed by atoms with Gasteiger partial charge in [0.25, 0.3) is 0 Å². The Labute approximate surface area is 138 Å². The van der Waals surface area contributed by atoms with Crippen LogP contribution in [0.3, 0.4) is 0 Å². The first-order valence-electron chi connectivity index (χ1n) is 6.57. The molecule has 0 saturated heterocycles. The van der Waals surface area contributed by atoms with Gasteiger partial charge in [-0.2, -0.15) is 0 Å². The SMILES string of the molecule is COc1cc(NC(=O)CSC2=NCCS2)cc(OC)c1OC. The van der Waals surface area contributed by atoms with Gasteiger partial charge in [0.15, 0.2) is 11.5 Å². The molecule has 1 amide bonds. The van der Waals surface area contributed by atoms with E-state index in [0.29, 0.717) is 28.7 Å². The molecule has 0 fully saturated rings. The normalized spacial score (nSPS) is 13.5. The summed E-state index contributed by atoms with van der Waals surface area (Å²) in [4.78, 5) is 16.3. The number of ether oxygens (including phenoxy) is 3. The Morgan fingerprint density at radius 3 is 2.45 bits per heavy atom. The monoisotopic (exact) mass is 342 g/mol. The number of hydrogen-bond donors (Lipinski definition) is 1. The second-order valence-electron chi connectivity index (χ2n) is 4.25. The highest BCUT2D eigenvalue weighted by Crippen LogP contribution is 2.39. The first-order valence-corrected chi connectivity index (χ1v) is 8.55. The van der Waals surface area contributed by atoms with Crippen LogP contribution in [0.4, 0.5) is 5.69 Å². The second-order valence-corrected chi connectivity index (χ2v) is 6.55. The fourth-order valence-electron chi connectivity index (χ4n) is 1.88. The van der Waals surface area contributed by atoms with Gasteiger partial charge >= 0.3 is 0 Å². The fourth-order valence-corrected chi connectivity index (χ4v) is 3.69. The highest BCUT2D eigenvalue weighted by molar-refractivity contribution is 8.39. The average molecular weight is 342 g/mol. The molecule has 0 bridgehead atoms. The summed E-state index contributed by atoms with van der Waals surface area (Å²) in [5.74, 6) is 2.71. The van der Waals surface area contributed by atoms with Gasteiger partial charge in [-0.3, -0.25) is 9.79 Å². The molecule has 8 heteroatoms. The number of nitrogens with one attached hydrogen (secondary N) is 1. The molecule has 0 unspecified atom stereocenters. The van der Waals surface area contributed by atoms with E-state index in [1.807, 2.05) is 0 Å². The van der Waals surface area contributed by atoms with Crippen molar-refractivity contribution in [3.8, 4) is 17.2 Å². The molecule has 22 heavy (non-hydrogen) atoms. The summed E-state index contributed by atoms with van der Waals surface area (Å²) in [6.45, 7) is 0.835. The molecule has 0 radical (unpaired) electrons. The molecule has 1 heterocycles. The maximum Gasteiger partial charge on any atom is 0.234 e. The summed E-state index contributed by atoms with van der Waals surface area (Å²) >= 11 is 3.14. The summed E-state index contributed by atoms with van der Waals surface area (Å²) in [6.07, 6.45) is 0. The van der Waals surface area contributed by atoms with Crippen LogP contribution in [-0.2, 0) is 4.79 Å². The number of hydrogen-bond acceptors (Lipinski definition) is 7. The lowest BCUT2D eigenvalue weighted by atomic mass is 10.2. The summed E-state index contributed by atoms with van der Waals surface area (Å²) < 4.78 is 16.7. The molecule has 6 nitrogen and oxygen atoms in total. The van der Waals surface area contributed by atoms with Crippen LogP contribution in [-0.4, -0.2) is 49.7 Å². The maximum atomic E-state index is 12.0. The number of amides is 1. The maximum absolute atomic E-state index is 12.0. The molecule has 1 aliphatic rings. The first kappa shape index (κ1) is 16.8. The lowest BCUT2D eigenvalue weighted by Crippen LogP contribution is -2.15. The topological polar surface area (TPSA) is 69.2 Å². The van der Waals surface area contributed by atoms with E-state index in [0.717, 1.165) is 16.7 Å². The Balaban J connectivity index is 2.03. The molecule has 0 atom stereocenters.